The van der Waals surface area contributed by atoms with Crippen LogP contribution in [0.3, 0.4) is 0 Å². The van der Waals surface area contributed by atoms with E-state index in [1.165, 1.54) is 0 Å². The zero-order valence-corrected chi connectivity index (χ0v) is 7.17. The average Bonchev–Trinajstić information content (AvgIpc) is 2.20. The molecule has 13 heavy (non-hydrogen) atoms. The minimum atomic E-state index is -0.111. The molecule has 0 saturated carbocycles. The van der Waals surface area contributed by atoms with E-state index in [9.17, 15) is 0 Å². The summed E-state index contributed by atoms with van der Waals surface area (Å²) < 4.78 is 0. The van der Waals surface area contributed by atoms with Crippen LogP contribution in [0.15, 0.2) is 48.8 Å². The van der Waals surface area contributed by atoms with Gasteiger partial charge in [-0.15, -0.1) is 0 Å². The number of anilines is 1. The lowest BCUT2D eigenvalue weighted by atomic mass is 10.3. The van der Waals surface area contributed by atoms with Gasteiger partial charge in [-0.25, -0.2) is 4.98 Å². The Morgan fingerprint density at radius 1 is 1.31 bits per heavy atom. The van der Waals surface area contributed by atoms with Crippen molar-refractivity contribution in [2.75, 3.05) is 4.90 Å². The molecular formula is C10H11N3. The summed E-state index contributed by atoms with van der Waals surface area (Å²) in [4.78, 5) is 6.13. The Bertz CT molecular complexity index is 329. The predicted molar refractivity (Wildman–Crippen MR) is 53.0 cm³/mol. The summed E-state index contributed by atoms with van der Waals surface area (Å²) in [5.74, 6) is 0.871. The van der Waals surface area contributed by atoms with Gasteiger partial charge < -0.3 is 10.6 Å². The van der Waals surface area contributed by atoms with Crippen LogP contribution < -0.4 is 10.6 Å². The van der Waals surface area contributed by atoms with Crippen LogP contribution in [0.4, 0.5) is 5.82 Å². The topological polar surface area (TPSA) is 42.1 Å². The van der Waals surface area contributed by atoms with E-state index < -0.39 is 0 Å². The first-order valence-corrected chi connectivity index (χ1v) is 4.18. The van der Waals surface area contributed by atoms with E-state index >= 15 is 0 Å². The molecule has 3 nitrogen and oxygen atoms in total. The molecule has 1 aromatic rings. The second kappa shape index (κ2) is 3.41. The highest BCUT2D eigenvalue weighted by Gasteiger charge is 2.11. The lowest BCUT2D eigenvalue weighted by molar-refractivity contribution is 0.797. The number of pyridine rings is 1. The molecule has 0 aromatic carbocycles. The highest BCUT2D eigenvalue weighted by atomic mass is 15.2. The normalized spacial score (nSPS) is 20.7. The van der Waals surface area contributed by atoms with Gasteiger partial charge >= 0.3 is 0 Å². The Morgan fingerprint density at radius 3 is 2.92 bits per heavy atom. The van der Waals surface area contributed by atoms with Crippen molar-refractivity contribution in [3.05, 3.63) is 48.8 Å². The van der Waals surface area contributed by atoms with E-state index in [1.54, 1.807) is 6.20 Å². The quantitative estimate of drug-likeness (QED) is 0.695. The monoisotopic (exact) mass is 173 g/mol. The van der Waals surface area contributed by atoms with Crippen LogP contribution in [0.1, 0.15) is 0 Å². The second-order valence-electron chi connectivity index (χ2n) is 2.81. The van der Waals surface area contributed by atoms with Crippen LogP contribution in [0, 0.1) is 0 Å². The van der Waals surface area contributed by atoms with E-state index in [-0.39, 0.29) is 6.17 Å². The van der Waals surface area contributed by atoms with Crippen molar-refractivity contribution in [1.29, 1.82) is 0 Å². The molecule has 0 spiro atoms. The molecule has 0 fully saturated rings. The average molecular weight is 173 g/mol. The molecule has 66 valence electrons. The van der Waals surface area contributed by atoms with Crippen LogP contribution in [-0.2, 0) is 0 Å². The molecule has 0 aliphatic carbocycles. The molecule has 0 radical (unpaired) electrons. The van der Waals surface area contributed by atoms with Gasteiger partial charge in [-0.3, -0.25) is 0 Å². The van der Waals surface area contributed by atoms with E-state index in [0.717, 1.165) is 5.82 Å². The minimum absolute atomic E-state index is 0.111. The van der Waals surface area contributed by atoms with Crippen molar-refractivity contribution in [2.24, 2.45) is 5.73 Å². The Morgan fingerprint density at radius 2 is 2.23 bits per heavy atom. The van der Waals surface area contributed by atoms with Crippen LogP contribution in [0.5, 0.6) is 0 Å². The summed E-state index contributed by atoms with van der Waals surface area (Å²) >= 11 is 0. The van der Waals surface area contributed by atoms with Crippen LogP contribution >= 0.6 is 0 Å². The number of nitrogens with zero attached hydrogens (tertiary/aromatic N) is 2. The summed E-state index contributed by atoms with van der Waals surface area (Å²) in [6.45, 7) is 0. The molecule has 1 aliphatic rings. The molecule has 0 saturated heterocycles. The molecule has 2 heterocycles. The molecule has 1 aliphatic heterocycles. The number of nitrogens with two attached hydrogens (primary N) is 1. The van der Waals surface area contributed by atoms with E-state index in [1.807, 2.05) is 47.5 Å². The first kappa shape index (κ1) is 8.01. The van der Waals surface area contributed by atoms with Gasteiger partial charge in [-0.05, 0) is 24.3 Å². The fraction of sp³-hybridized carbons (Fsp3) is 0.100. The van der Waals surface area contributed by atoms with E-state index in [4.69, 9.17) is 5.73 Å². The molecule has 0 bridgehead atoms. The summed E-state index contributed by atoms with van der Waals surface area (Å²) in [5.41, 5.74) is 5.86. The number of allylic oxidation sites excluding steroid dienone is 2. The number of rotatable bonds is 1. The third-order valence-corrected chi connectivity index (χ3v) is 1.90. The van der Waals surface area contributed by atoms with Gasteiger partial charge in [0.15, 0.2) is 0 Å². The summed E-state index contributed by atoms with van der Waals surface area (Å²) in [5, 5.41) is 0. The zero-order valence-electron chi connectivity index (χ0n) is 7.17. The smallest absolute Gasteiger partial charge is 0.133 e. The molecular weight excluding hydrogens is 162 g/mol. The zero-order chi connectivity index (χ0) is 9.10. The van der Waals surface area contributed by atoms with Crippen LogP contribution in [0.25, 0.3) is 0 Å². The maximum absolute atomic E-state index is 5.86. The maximum Gasteiger partial charge on any atom is 0.133 e. The molecule has 0 amide bonds. The summed E-state index contributed by atoms with van der Waals surface area (Å²) in [6.07, 6.45) is 9.37. The van der Waals surface area contributed by atoms with E-state index in [2.05, 4.69) is 4.98 Å². The first-order chi connectivity index (χ1) is 6.38. The fourth-order valence-electron chi connectivity index (χ4n) is 1.25. The van der Waals surface area contributed by atoms with Crippen molar-refractivity contribution in [3.63, 3.8) is 0 Å². The summed E-state index contributed by atoms with van der Waals surface area (Å²) in [6, 6.07) is 5.77. The Hall–Kier alpha value is -1.61. The molecule has 1 aromatic heterocycles. The lowest BCUT2D eigenvalue weighted by Crippen LogP contribution is -2.38. The van der Waals surface area contributed by atoms with Crippen molar-refractivity contribution in [2.45, 2.75) is 6.17 Å². The number of hydrogen-bond donors (Lipinski definition) is 1. The Labute approximate surface area is 77.2 Å². The van der Waals surface area contributed by atoms with Crippen molar-refractivity contribution >= 4 is 5.82 Å². The fourth-order valence-corrected chi connectivity index (χ4v) is 1.25. The molecule has 2 N–H and O–H groups in total. The second-order valence-corrected chi connectivity index (χ2v) is 2.81. The van der Waals surface area contributed by atoms with Crippen molar-refractivity contribution in [1.82, 2.24) is 4.98 Å². The molecule has 3 heteroatoms. The van der Waals surface area contributed by atoms with Gasteiger partial charge in [0, 0.05) is 12.4 Å². The van der Waals surface area contributed by atoms with Crippen molar-refractivity contribution < 1.29 is 0 Å². The lowest BCUT2D eigenvalue weighted by Gasteiger charge is -2.25. The standard InChI is InChI=1S/C10H11N3/c11-9-5-2-4-8-13(9)10-6-1-3-7-12-10/h1-9H,11H2. The molecule has 2 rings (SSSR count). The van der Waals surface area contributed by atoms with Gasteiger partial charge in [-0.2, -0.15) is 0 Å². The van der Waals surface area contributed by atoms with Crippen LogP contribution in [-0.4, -0.2) is 11.1 Å². The Balaban J connectivity index is 2.27. The van der Waals surface area contributed by atoms with Crippen molar-refractivity contribution in [3.8, 4) is 0 Å². The third kappa shape index (κ3) is 1.60. The Kier molecular flexibility index (Phi) is 2.10. The minimum Gasteiger partial charge on any atom is -0.314 e. The third-order valence-electron chi connectivity index (χ3n) is 1.90. The summed E-state index contributed by atoms with van der Waals surface area (Å²) in [7, 11) is 0. The number of aromatic nitrogens is 1. The van der Waals surface area contributed by atoms with Gasteiger partial charge in [0.05, 0.1) is 0 Å². The first-order valence-electron chi connectivity index (χ1n) is 4.18. The SMILES string of the molecule is NC1C=CC=CN1c1ccccn1. The number of hydrogen-bond acceptors (Lipinski definition) is 3. The van der Waals surface area contributed by atoms with E-state index in [0.29, 0.717) is 0 Å². The predicted octanol–water partition coefficient (Wildman–Crippen LogP) is 1.26. The highest BCUT2D eigenvalue weighted by molar-refractivity contribution is 5.46. The molecule has 1 atom stereocenters. The van der Waals surface area contributed by atoms with Gasteiger partial charge in [0.2, 0.25) is 0 Å². The highest BCUT2D eigenvalue weighted by Crippen LogP contribution is 2.14. The van der Waals surface area contributed by atoms with Gasteiger partial charge in [-0.1, -0.05) is 12.1 Å². The largest absolute Gasteiger partial charge is 0.314 e. The van der Waals surface area contributed by atoms with Gasteiger partial charge in [0.1, 0.15) is 12.0 Å². The van der Waals surface area contributed by atoms with Crippen LogP contribution in [0.2, 0.25) is 0 Å². The molecule has 1 unspecified atom stereocenters. The van der Waals surface area contributed by atoms with Gasteiger partial charge in [0.25, 0.3) is 0 Å². The maximum atomic E-state index is 5.86.